The summed E-state index contributed by atoms with van der Waals surface area (Å²) in [6.07, 6.45) is 5.34. The monoisotopic (exact) mass is 508 g/mol. The summed E-state index contributed by atoms with van der Waals surface area (Å²) in [6, 6.07) is 14.4. The molecule has 0 spiro atoms. The average molecular weight is 509 g/mol. The Morgan fingerprint density at radius 2 is 1.81 bits per heavy atom. The van der Waals surface area contributed by atoms with Crippen LogP contribution in [0, 0.1) is 5.82 Å². The second-order valence-electron chi connectivity index (χ2n) is 9.26. The highest BCUT2D eigenvalue weighted by atomic mass is 32.1. The van der Waals surface area contributed by atoms with Gasteiger partial charge >= 0.3 is 0 Å². The van der Waals surface area contributed by atoms with E-state index < -0.39 is 11.9 Å². The van der Waals surface area contributed by atoms with Crippen LogP contribution in [-0.4, -0.2) is 29.5 Å². The smallest absolute Gasteiger partial charge is 0.247 e. The summed E-state index contributed by atoms with van der Waals surface area (Å²) in [5, 5.41) is 5.11. The van der Waals surface area contributed by atoms with Gasteiger partial charge in [-0.15, -0.1) is 11.3 Å². The van der Waals surface area contributed by atoms with Gasteiger partial charge in [0, 0.05) is 17.5 Å². The van der Waals surface area contributed by atoms with Crippen molar-refractivity contribution in [3.05, 3.63) is 81.8 Å². The highest BCUT2D eigenvalue weighted by Crippen LogP contribution is 2.34. The number of nitrogens with one attached hydrogen (secondary N) is 1. The number of carbonyl (C=O) groups is 2. The van der Waals surface area contributed by atoms with Gasteiger partial charge in [0.25, 0.3) is 0 Å². The van der Waals surface area contributed by atoms with Gasteiger partial charge in [0.05, 0.1) is 6.42 Å². The van der Waals surface area contributed by atoms with Crippen LogP contribution in [0.25, 0.3) is 0 Å². The van der Waals surface area contributed by atoms with Gasteiger partial charge in [0.15, 0.2) is 11.5 Å². The van der Waals surface area contributed by atoms with Crippen LogP contribution < -0.4 is 14.8 Å². The molecule has 0 saturated heterocycles. The van der Waals surface area contributed by atoms with Gasteiger partial charge in [-0.25, -0.2) is 4.39 Å². The Morgan fingerprint density at radius 1 is 1.03 bits per heavy atom. The predicted molar refractivity (Wildman–Crippen MR) is 135 cm³/mol. The second kappa shape index (κ2) is 11.1. The molecule has 2 amide bonds. The average Bonchev–Trinajstić information content (AvgIpc) is 3.57. The molecule has 1 aromatic heterocycles. The number of carbonyl (C=O) groups excluding carboxylic acids is 2. The number of amides is 2. The molecule has 8 heteroatoms. The molecule has 5 rings (SSSR count). The highest BCUT2D eigenvalue weighted by Gasteiger charge is 2.33. The van der Waals surface area contributed by atoms with Crippen LogP contribution in [0.3, 0.4) is 0 Å². The van der Waals surface area contributed by atoms with Crippen LogP contribution in [-0.2, 0) is 22.6 Å². The lowest BCUT2D eigenvalue weighted by molar-refractivity contribution is -0.141. The van der Waals surface area contributed by atoms with E-state index in [0.29, 0.717) is 17.1 Å². The first-order chi connectivity index (χ1) is 17.6. The molecule has 188 valence electrons. The van der Waals surface area contributed by atoms with Gasteiger partial charge in [0.1, 0.15) is 11.9 Å². The summed E-state index contributed by atoms with van der Waals surface area (Å²) in [5.74, 6) is 0.456. The van der Waals surface area contributed by atoms with Crippen molar-refractivity contribution in [1.82, 2.24) is 10.2 Å². The molecule has 1 unspecified atom stereocenters. The standard InChI is InChI=1S/C28H29FN2O4S/c29-21-11-9-20(10-12-21)27(28(33)30-22-5-2-1-3-6-22)31(26(32)16-23-7-4-14-36-23)17-19-8-13-24-25(15-19)35-18-34-24/h4,7-15,22,27H,1-3,5-6,16-18H2,(H,30,33). The zero-order valence-corrected chi connectivity index (χ0v) is 20.8. The Balaban J connectivity index is 1.49. The first-order valence-corrected chi connectivity index (χ1v) is 13.2. The number of ether oxygens (including phenoxy) is 2. The van der Waals surface area contributed by atoms with E-state index in [-0.39, 0.29) is 37.6 Å². The number of rotatable bonds is 8. The number of benzene rings is 2. The van der Waals surface area contributed by atoms with Crippen molar-refractivity contribution in [1.29, 1.82) is 0 Å². The lowest BCUT2D eigenvalue weighted by Crippen LogP contribution is -2.47. The Kier molecular flexibility index (Phi) is 7.51. The van der Waals surface area contributed by atoms with Crippen LogP contribution in [0.15, 0.2) is 60.0 Å². The van der Waals surface area contributed by atoms with Gasteiger partial charge < -0.3 is 19.7 Å². The SMILES string of the molecule is O=C(NC1CCCCC1)C(c1ccc(F)cc1)N(Cc1ccc2c(c1)OCO2)C(=O)Cc1cccs1. The molecule has 36 heavy (non-hydrogen) atoms. The van der Waals surface area contributed by atoms with E-state index >= 15 is 0 Å². The quantitative estimate of drug-likeness (QED) is 0.444. The fourth-order valence-electron chi connectivity index (χ4n) is 4.87. The normalized spacial score (nSPS) is 15.9. The molecule has 0 radical (unpaired) electrons. The zero-order chi connectivity index (χ0) is 24.9. The minimum Gasteiger partial charge on any atom is -0.454 e. The van der Waals surface area contributed by atoms with Crippen molar-refractivity contribution in [2.24, 2.45) is 0 Å². The van der Waals surface area contributed by atoms with E-state index in [4.69, 9.17) is 9.47 Å². The van der Waals surface area contributed by atoms with Crippen LogP contribution in [0.5, 0.6) is 11.5 Å². The molecule has 1 N–H and O–H groups in total. The van der Waals surface area contributed by atoms with E-state index in [2.05, 4.69) is 5.32 Å². The molecule has 3 aromatic rings. The number of thiophene rings is 1. The Hall–Kier alpha value is -3.39. The van der Waals surface area contributed by atoms with Gasteiger partial charge in [-0.3, -0.25) is 9.59 Å². The highest BCUT2D eigenvalue weighted by molar-refractivity contribution is 7.10. The van der Waals surface area contributed by atoms with Gasteiger partial charge in [0.2, 0.25) is 18.6 Å². The van der Waals surface area contributed by atoms with Crippen LogP contribution >= 0.6 is 11.3 Å². The third kappa shape index (κ3) is 5.70. The minimum atomic E-state index is -0.898. The lowest BCUT2D eigenvalue weighted by atomic mass is 9.94. The molecule has 2 heterocycles. The van der Waals surface area contributed by atoms with E-state index in [1.54, 1.807) is 17.0 Å². The van der Waals surface area contributed by atoms with Crippen molar-refractivity contribution < 1.29 is 23.5 Å². The third-order valence-electron chi connectivity index (χ3n) is 6.71. The van der Waals surface area contributed by atoms with E-state index in [1.165, 1.54) is 29.9 Å². The zero-order valence-electron chi connectivity index (χ0n) is 20.0. The number of halogens is 1. The van der Waals surface area contributed by atoms with Crippen molar-refractivity contribution >= 4 is 23.2 Å². The first-order valence-electron chi connectivity index (χ1n) is 12.3. The molecule has 1 atom stereocenters. The molecule has 6 nitrogen and oxygen atoms in total. The number of nitrogens with zero attached hydrogens (tertiary/aromatic N) is 1. The van der Waals surface area contributed by atoms with E-state index in [1.807, 2.05) is 35.7 Å². The molecule has 1 aliphatic carbocycles. The minimum absolute atomic E-state index is 0.0778. The fraction of sp³-hybridized carbons (Fsp3) is 0.357. The van der Waals surface area contributed by atoms with Crippen molar-refractivity contribution in [3.63, 3.8) is 0 Å². The Labute approximate surface area is 214 Å². The maximum atomic E-state index is 13.8. The van der Waals surface area contributed by atoms with Crippen LogP contribution in [0.1, 0.15) is 54.1 Å². The molecule has 0 bridgehead atoms. The first kappa shape index (κ1) is 24.3. The molecule has 1 fully saturated rings. The Morgan fingerprint density at radius 3 is 2.56 bits per heavy atom. The summed E-state index contributed by atoms with van der Waals surface area (Å²) in [4.78, 5) is 30.0. The molecular formula is C28H29FN2O4S. The molecule has 1 aliphatic heterocycles. The fourth-order valence-corrected chi connectivity index (χ4v) is 5.56. The third-order valence-corrected chi connectivity index (χ3v) is 7.59. The number of fused-ring (bicyclic) bond motifs is 1. The number of hydrogen-bond donors (Lipinski definition) is 1. The van der Waals surface area contributed by atoms with Crippen molar-refractivity contribution in [2.45, 2.75) is 57.2 Å². The van der Waals surface area contributed by atoms with Gasteiger partial charge in [-0.05, 0) is 59.7 Å². The summed E-state index contributed by atoms with van der Waals surface area (Å²) in [6.45, 7) is 0.350. The van der Waals surface area contributed by atoms with Crippen LogP contribution in [0.2, 0.25) is 0 Å². The second-order valence-corrected chi connectivity index (χ2v) is 10.3. The maximum Gasteiger partial charge on any atom is 0.247 e. The molecular weight excluding hydrogens is 479 g/mol. The van der Waals surface area contributed by atoms with Crippen molar-refractivity contribution in [2.75, 3.05) is 6.79 Å². The molecule has 2 aliphatic rings. The topological polar surface area (TPSA) is 67.9 Å². The van der Waals surface area contributed by atoms with Gasteiger partial charge in [-0.2, -0.15) is 0 Å². The largest absolute Gasteiger partial charge is 0.454 e. The maximum absolute atomic E-state index is 13.8. The van der Waals surface area contributed by atoms with E-state index in [0.717, 1.165) is 36.1 Å². The summed E-state index contributed by atoms with van der Waals surface area (Å²) < 4.78 is 24.8. The molecule has 1 saturated carbocycles. The lowest BCUT2D eigenvalue weighted by Gasteiger charge is -2.33. The number of hydrogen-bond acceptors (Lipinski definition) is 5. The summed E-state index contributed by atoms with van der Waals surface area (Å²) in [5.41, 5.74) is 1.39. The Bertz CT molecular complexity index is 1190. The van der Waals surface area contributed by atoms with E-state index in [9.17, 15) is 14.0 Å². The summed E-state index contributed by atoms with van der Waals surface area (Å²) in [7, 11) is 0. The summed E-state index contributed by atoms with van der Waals surface area (Å²) >= 11 is 1.50. The van der Waals surface area contributed by atoms with Crippen LogP contribution in [0.4, 0.5) is 4.39 Å². The van der Waals surface area contributed by atoms with Gasteiger partial charge in [-0.1, -0.05) is 43.5 Å². The van der Waals surface area contributed by atoms with Crippen molar-refractivity contribution in [3.8, 4) is 11.5 Å². The predicted octanol–water partition coefficient (Wildman–Crippen LogP) is 5.38. The molecule has 2 aromatic carbocycles.